The highest BCUT2D eigenvalue weighted by atomic mass is 19.1. The monoisotopic (exact) mass is 354 g/mol. The minimum absolute atomic E-state index is 0.153. The van der Waals surface area contributed by atoms with Crippen molar-refractivity contribution in [1.29, 1.82) is 0 Å². The molecule has 4 nitrogen and oxygen atoms in total. The van der Waals surface area contributed by atoms with E-state index >= 15 is 0 Å². The summed E-state index contributed by atoms with van der Waals surface area (Å²) in [5, 5.41) is 3.03. The van der Waals surface area contributed by atoms with Gasteiger partial charge in [-0.15, -0.1) is 0 Å². The molecule has 2 aromatic rings. The van der Waals surface area contributed by atoms with E-state index in [0.717, 1.165) is 25.9 Å². The van der Waals surface area contributed by atoms with E-state index in [9.17, 15) is 9.18 Å². The van der Waals surface area contributed by atoms with Crippen molar-refractivity contribution in [2.24, 2.45) is 0 Å². The van der Waals surface area contributed by atoms with Crippen LogP contribution < -0.4 is 15.0 Å². The fraction of sp³-hybridized carbons (Fsp3) is 0.286. The molecular formula is C21H23FN2O2. The number of rotatable bonds is 5. The maximum absolute atomic E-state index is 13.7. The molecule has 0 atom stereocenters. The number of hydrogen-bond acceptors (Lipinski definition) is 3. The molecule has 3 rings (SSSR count). The van der Waals surface area contributed by atoms with Crippen molar-refractivity contribution in [3.8, 4) is 5.75 Å². The van der Waals surface area contributed by atoms with Gasteiger partial charge in [-0.1, -0.05) is 24.3 Å². The van der Waals surface area contributed by atoms with Crippen LogP contribution in [0, 0.1) is 5.82 Å². The lowest BCUT2D eigenvalue weighted by Gasteiger charge is -2.33. The Balaban J connectivity index is 1.49. The van der Waals surface area contributed by atoms with Crippen molar-refractivity contribution in [2.75, 3.05) is 25.1 Å². The predicted octanol–water partition coefficient (Wildman–Crippen LogP) is 3.63. The third kappa shape index (κ3) is 4.63. The van der Waals surface area contributed by atoms with Crippen LogP contribution in [0.4, 0.5) is 10.1 Å². The molecule has 1 heterocycles. The van der Waals surface area contributed by atoms with E-state index in [0.29, 0.717) is 5.56 Å². The summed E-state index contributed by atoms with van der Waals surface area (Å²) < 4.78 is 18.5. The van der Waals surface area contributed by atoms with E-state index in [1.54, 1.807) is 18.2 Å². The Kier molecular flexibility index (Phi) is 5.89. The van der Waals surface area contributed by atoms with E-state index in [2.05, 4.69) is 22.3 Å². The van der Waals surface area contributed by atoms with Crippen LogP contribution >= 0.6 is 0 Å². The van der Waals surface area contributed by atoms with Gasteiger partial charge in [-0.2, -0.15) is 0 Å². The van der Waals surface area contributed by atoms with Crippen LogP contribution in [0.1, 0.15) is 18.4 Å². The first-order chi connectivity index (χ1) is 12.7. The van der Waals surface area contributed by atoms with Gasteiger partial charge in [0.05, 0.1) is 7.11 Å². The third-order valence-electron chi connectivity index (χ3n) is 4.57. The normalized spacial score (nSPS) is 15.2. The van der Waals surface area contributed by atoms with E-state index in [1.165, 1.54) is 24.9 Å². The average Bonchev–Trinajstić information content (AvgIpc) is 2.68. The molecule has 1 aliphatic heterocycles. The molecule has 0 aromatic heterocycles. The number of amides is 1. The number of halogens is 1. The van der Waals surface area contributed by atoms with Crippen molar-refractivity contribution >= 4 is 17.7 Å². The molecule has 5 heteroatoms. The molecule has 1 N–H and O–H groups in total. The Bertz CT molecular complexity index is 769. The summed E-state index contributed by atoms with van der Waals surface area (Å²) in [6.07, 6.45) is 4.87. The predicted molar refractivity (Wildman–Crippen MR) is 102 cm³/mol. The first-order valence-electron chi connectivity index (χ1n) is 8.78. The fourth-order valence-corrected chi connectivity index (χ4v) is 3.13. The number of nitrogens with zero attached hydrogens (tertiary/aromatic N) is 1. The van der Waals surface area contributed by atoms with Crippen LogP contribution in [-0.4, -0.2) is 32.1 Å². The molecular weight excluding hydrogens is 331 g/mol. The molecule has 0 bridgehead atoms. The van der Waals surface area contributed by atoms with Crippen molar-refractivity contribution in [3.05, 3.63) is 66.0 Å². The van der Waals surface area contributed by atoms with Crippen LogP contribution in [0.15, 0.2) is 54.6 Å². The summed E-state index contributed by atoms with van der Waals surface area (Å²) >= 11 is 0. The molecule has 1 amide bonds. The SMILES string of the molecule is COc1ccc(C=CC(=O)NC2CCN(c3ccccc3)CC2)cc1F. The lowest BCUT2D eigenvalue weighted by atomic mass is 10.0. The Labute approximate surface area is 153 Å². The second kappa shape index (κ2) is 8.52. The summed E-state index contributed by atoms with van der Waals surface area (Å²) in [5.41, 5.74) is 1.84. The van der Waals surface area contributed by atoms with Crippen molar-refractivity contribution in [2.45, 2.75) is 18.9 Å². The highest BCUT2D eigenvalue weighted by Crippen LogP contribution is 2.20. The number of carbonyl (C=O) groups is 1. The van der Waals surface area contributed by atoms with Crippen LogP contribution in [0.5, 0.6) is 5.75 Å². The molecule has 0 unspecified atom stereocenters. The van der Waals surface area contributed by atoms with E-state index in [4.69, 9.17) is 4.74 Å². The van der Waals surface area contributed by atoms with Crippen LogP contribution in [0.25, 0.3) is 6.08 Å². The molecule has 0 radical (unpaired) electrons. The standard InChI is InChI=1S/C21H23FN2O2/c1-26-20-9-7-16(15-19(20)22)8-10-21(25)23-17-11-13-24(14-12-17)18-5-3-2-4-6-18/h2-10,15,17H,11-14H2,1H3,(H,23,25). The minimum Gasteiger partial charge on any atom is -0.494 e. The zero-order valence-electron chi connectivity index (χ0n) is 14.8. The van der Waals surface area contributed by atoms with Crippen molar-refractivity contribution in [3.63, 3.8) is 0 Å². The second-order valence-electron chi connectivity index (χ2n) is 6.33. The summed E-state index contributed by atoms with van der Waals surface area (Å²) in [6, 6.07) is 15.1. The quantitative estimate of drug-likeness (QED) is 0.834. The van der Waals surface area contributed by atoms with Gasteiger partial charge in [-0.3, -0.25) is 4.79 Å². The first kappa shape index (κ1) is 18.0. The Hall–Kier alpha value is -2.82. The summed E-state index contributed by atoms with van der Waals surface area (Å²) in [4.78, 5) is 14.4. The first-order valence-corrected chi connectivity index (χ1v) is 8.78. The fourth-order valence-electron chi connectivity index (χ4n) is 3.13. The molecule has 1 fully saturated rings. The lowest BCUT2D eigenvalue weighted by Crippen LogP contribution is -2.44. The van der Waals surface area contributed by atoms with Gasteiger partial charge >= 0.3 is 0 Å². The molecule has 1 aliphatic rings. The van der Waals surface area contributed by atoms with Crippen LogP contribution in [0.3, 0.4) is 0 Å². The highest BCUT2D eigenvalue weighted by Gasteiger charge is 2.20. The van der Waals surface area contributed by atoms with Gasteiger partial charge in [0.25, 0.3) is 0 Å². The number of methoxy groups -OCH3 is 1. The van der Waals surface area contributed by atoms with E-state index < -0.39 is 5.82 Å². The molecule has 26 heavy (non-hydrogen) atoms. The second-order valence-corrected chi connectivity index (χ2v) is 6.33. The number of para-hydroxylation sites is 1. The summed E-state index contributed by atoms with van der Waals surface area (Å²) in [7, 11) is 1.42. The van der Waals surface area contributed by atoms with Gasteiger partial charge in [0.15, 0.2) is 11.6 Å². The van der Waals surface area contributed by atoms with Gasteiger partial charge < -0.3 is 15.0 Å². The Morgan fingerprint density at radius 3 is 2.58 bits per heavy atom. The minimum atomic E-state index is -0.441. The maximum Gasteiger partial charge on any atom is 0.244 e. The number of ether oxygens (including phenoxy) is 1. The molecule has 1 saturated heterocycles. The van der Waals surface area contributed by atoms with E-state index in [1.807, 2.05) is 18.2 Å². The molecule has 0 spiro atoms. The van der Waals surface area contributed by atoms with Gasteiger partial charge in [-0.25, -0.2) is 4.39 Å². The summed E-state index contributed by atoms with van der Waals surface area (Å²) in [5.74, 6) is -0.403. The van der Waals surface area contributed by atoms with Crippen molar-refractivity contribution < 1.29 is 13.9 Å². The Morgan fingerprint density at radius 1 is 1.19 bits per heavy atom. The topological polar surface area (TPSA) is 41.6 Å². The number of anilines is 1. The number of benzene rings is 2. The molecule has 2 aromatic carbocycles. The van der Waals surface area contributed by atoms with Gasteiger partial charge in [0.1, 0.15) is 0 Å². The van der Waals surface area contributed by atoms with Gasteiger partial charge in [-0.05, 0) is 48.7 Å². The maximum atomic E-state index is 13.7. The number of nitrogens with one attached hydrogen (secondary N) is 1. The van der Waals surface area contributed by atoms with E-state index in [-0.39, 0.29) is 17.7 Å². The number of carbonyl (C=O) groups excluding carboxylic acids is 1. The average molecular weight is 354 g/mol. The Morgan fingerprint density at radius 2 is 1.92 bits per heavy atom. The van der Waals surface area contributed by atoms with Crippen LogP contribution in [0.2, 0.25) is 0 Å². The van der Waals surface area contributed by atoms with Crippen LogP contribution in [-0.2, 0) is 4.79 Å². The van der Waals surface area contributed by atoms with Crippen molar-refractivity contribution in [1.82, 2.24) is 5.32 Å². The molecule has 0 aliphatic carbocycles. The zero-order valence-corrected chi connectivity index (χ0v) is 14.8. The van der Waals surface area contributed by atoms with Gasteiger partial charge in [0.2, 0.25) is 5.91 Å². The van der Waals surface area contributed by atoms with Gasteiger partial charge in [0, 0.05) is 30.9 Å². The largest absolute Gasteiger partial charge is 0.494 e. The molecule has 136 valence electrons. The molecule has 0 saturated carbocycles. The zero-order chi connectivity index (χ0) is 18.4. The summed E-state index contributed by atoms with van der Waals surface area (Å²) in [6.45, 7) is 1.84. The highest BCUT2D eigenvalue weighted by molar-refractivity contribution is 5.91. The smallest absolute Gasteiger partial charge is 0.244 e. The third-order valence-corrected chi connectivity index (χ3v) is 4.57. The lowest BCUT2D eigenvalue weighted by molar-refractivity contribution is -0.117. The number of piperidine rings is 1. The number of hydrogen-bond donors (Lipinski definition) is 1.